The van der Waals surface area contributed by atoms with E-state index in [0.29, 0.717) is 23.0 Å². The Morgan fingerprint density at radius 1 is 0.381 bits per heavy atom. The van der Waals surface area contributed by atoms with Crippen LogP contribution in [0.1, 0.15) is 27.8 Å². The highest BCUT2D eigenvalue weighted by atomic mass is 19.4. The third-order valence-corrected chi connectivity index (χ3v) is 11.9. The van der Waals surface area contributed by atoms with Crippen molar-refractivity contribution in [3.8, 4) is 73.2 Å². The molecule has 0 unspecified atom stereocenters. The van der Waals surface area contributed by atoms with Crippen molar-refractivity contribution in [1.29, 1.82) is 0 Å². The second-order valence-electron chi connectivity index (χ2n) is 16.3. The van der Waals surface area contributed by atoms with Crippen molar-refractivity contribution in [3.63, 3.8) is 0 Å². The summed E-state index contributed by atoms with van der Waals surface area (Å²) < 4.78 is 43.9. The molecule has 0 aliphatic carbocycles. The number of hydrogen-bond donors (Lipinski definition) is 0. The Morgan fingerprint density at radius 3 is 1.27 bits per heavy atom. The van der Waals surface area contributed by atoms with Crippen molar-refractivity contribution in [1.82, 2.24) is 19.5 Å². The van der Waals surface area contributed by atoms with E-state index in [-0.39, 0.29) is 0 Å². The first-order valence-corrected chi connectivity index (χ1v) is 20.9. The third kappa shape index (κ3) is 7.46. The standard InChI is InChI=1S/C56H41F3N4/c1-34-15-24-45(36(3)29-34)41-20-27-50-48(31-41)49-32-42(46-25-16-35(2)30-37(46)4)21-28-51(49)63(50)52-33-43(19-26-47(52)38-17-22-44(23-18-38)56(57,58)59)55-61-53(39-11-7-5-8-12-39)60-54(62-55)40-13-9-6-10-14-40/h5-33H,1-4H3. The third-order valence-electron chi connectivity index (χ3n) is 11.9. The van der Waals surface area contributed by atoms with E-state index < -0.39 is 11.7 Å². The van der Waals surface area contributed by atoms with Crippen LogP contribution in [0.5, 0.6) is 0 Å². The van der Waals surface area contributed by atoms with Crippen LogP contribution < -0.4 is 0 Å². The van der Waals surface area contributed by atoms with Crippen molar-refractivity contribution >= 4 is 21.8 Å². The molecule has 63 heavy (non-hydrogen) atoms. The number of rotatable bonds is 7. The predicted molar refractivity (Wildman–Crippen MR) is 251 cm³/mol. The summed E-state index contributed by atoms with van der Waals surface area (Å²) in [6.45, 7) is 8.49. The van der Waals surface area contributed by atoms with Gasteiger partial charge in [-0.1, -0.05) is 145 Å². The minimum Gasteiger partial charge on any atom is -0.309 e. The molecule has 0 atom stereocenters. The van der Waals surface area contributed by atoms with Crippen LogP contribution in [0.25, 0.3) is 95.0 Å². The minimum atomic E-state index is -4.47. The molecule has 0 aliphatic heterocycles. The molecule has 0 saturated carbocycles. The highest BCUT2D eigenvalue weighted by molar-refractivity contribution is 6.12. The molecule has 0 fully saturated rings. The van der Waals surface area contributed by atoms with E-state index in [9.17, 15) is 13.2 Å². The number of halogens is 3. The zero-order valence-corrected chi connectivity index (χ0v) is 35.2. The van der Waals surface area contributed by atoms with Crippen LogP contribution in [0.4, 0.5) is 13.2 Å². The lowest BCUT2D eigenvalue weighted by atomic mass is 9.95. The monoisotopic (exact) mass is 826 g/mol. The van der Waals surface area contributed by atoms with E-state index in [1.807, 2.05) is 72.8 Å². The number of benzene rings is 8. The van der Waals surface area contributed by atoms with Gasteiger partial charge in [0.2, 0.25) is 0 Å². The van der Waals surface area contributed by atoms with E-state index in [4.69, 9.17) is 15.0 Å². The second-order valence-corrected chi connectivity index (χ2v) is 16.3. The Hall–Kier alpha value is -7.64. The molecule has 0 aliphatic rings. The van der Waals surface area contributed by atoms with Gasteiger partial charge in [0.25, 0.3) is 0 Å². The Labute approximate surface area is 364 Å². The molecule has 7 heteroatoms. The first-order chi connectivity index (χ1) is 30.5. The Balaban J connectivity index is 1.26. The molecule has 4 nitrogen and oxygen atoms in total. The molecule has 2 aromatic heterocycles. The van der Waals surface area contributed by atoms with Crippen LogP contribution in [0.3, 0.4) is 0 Å². The molecule has 0 N–H and O–H groups in total. The topological polar surface area (TPSA) is 43.6 Å². The summed E-state index contributed by atoms with van der Waals surface area (Å²) in [5.74, 6) is 1.53. The Morgan fingerprint density at radius 2 is 0.810 bits per heavy atom. The van der Waals surface area contributed by atoms with Gasteiger partial charge in [-0.25, -0.2) is 15.0 Å². The van der Waals surface area contributed by atoms with E-state index in [2.05, 4.69) is 111 Å². The highest BCUT2D eigenvalue weighted by Gasteiger charge is 2.30. The van der Waals surface area contributed by atoms with Crippen LogP contribution >= 0.6 is 0 Å². The summed E-state index contributed by atoms with van der Waals surface area (Å²) in [5.41, 5.74) is 15.1. The van der Waals surface area contributed by atoms with Gasteiger partial charge in [-0.05, 0) is 109 Å². The van der Waals surface area contributed by atoms with Gasteiger partial charge in [-0.2, -0.15) is 13.2 Å². The lowest BCUT2D eigenvalue weighted by molar-refractivity contribution is -0.137. The summed E-state index contributed by atoms with van der Waals surface area (Å²) in [6, 6.07) is 57.2. The smallest absolute Gasteiger partial charge is 0.309 e. The van der Waals surface area contributed by atoms with Gasteiger partial charge in [-0.15, -0.1) is 0 Å². The van der Waals surface area contributed by atoms with Crippen LogP contribution in [-0.2, 0) is 6.18 Å². The van der Waals surface area contributed by atoms with E-state index in [0.717, 1.165) is 84.1 Å². The van der Waals surface area contributed by atoms with Crippen LogP contribution in [0, 0.1) is 27.7 Å². The van der Waals surface area contributed by atoms with Crippen LogP contribution in [0.2, 0.25) is 0 Å². The van der Waals surface area contributed by atoms with Crippen LogP contribution in [0.15, 0.2) is 176 Å². The second kappa shape index (κ2) is 15.7. The number of aromatic nitrogens is 4. The quantitative estimate of drug-likeness (QED) is 0.161. The zero-order chi connectivity index (χ0) is 43.4. The van der Waals surface area contributed by atoms with Crippen molar-refractivity contribution in [2.24, 2.45) is 0 Å². The zero-order valence-electron chi connectivity index (χ0n) is 35.2. The SMILES string of the molecule is Cc1ccc(-c2ccc3c(c2)c2cc(-c4ccc(C)cc4C)ccc2n3-c2cc(-c3nc(-c4ccccc4)nc(-c4ccccc4)n3)ccc2-c2ccc(C(F)(F)F)cc2)c(C)c1. The number of nitrogens with zero attached hydrogens (tertiary/aromatic N) is 4. The van der Waals surface area contributed by atoms with Crippen LogP contribution in [-0.4, -0.2) is 19.5 Å². The van der Waals surface area contributed by atoms with E-state index >= 15 is 0 Å². The normalized spacial score (nSPS) is 11.7. The lowest BCUT2D eigenvalue weighted by Gasteiger charge is -2.17. The molecule has 0 radical (unpaired) electrons. The van der Waals surface area contributed by atoms with Gasteiger partial charge in [0.1, 0.15) is 0 Å². The van der Waals surface area contributed by atoms with Gasteiger partial charge < -0.3 is 4.57 Å². The maximum absolute atomic E-state index is 13.9. The molecule has 10 aromatic rings. The van der Waals surface area contributed by atoms with Gasteiger partial charge in [0, 0.05) is 33.0 Å². The molecule has 0 amide bonds. The predicted octanol–water partition coefficient (Wildman–Crippen LogP) is 15.2. The molecule has 2 heterocycles. The van der Waals surface area contributed by atoms with E-state index in [1.54, 1.807) is 12.1 Å². The number of alkyl halides is 3. The minimum absolute atomic E-state index is 0.470. The maximum atomic E-state index is 13.9. The summed E-state index contributed by atoms with van der Waals surface area (Å²) >= 11 is 0. The van der Waals surface area contributed by atoms with Crippen molar-refractivity contribution < 1.29 is 13.2 Å². The average Bonchev–Trinajstić information content (AvgIpc) is 3.62. The van der Waals surface area contributed by atoms with Gasteiger partial charge >= 0.3 is 6.18 Å². The largest absolute Gasteiger partial charge is 0.416 e. The summed E-state index contributed by atoms with van der Waals surface area (Å²) in [6.07, 6.45) is -4.47. The Bertz CT molecular complexity index is 3180. The fraction of sp³-hybridized carbons (Fsp3) is 0.0893. The first kappa shape index (κ1) is 39.5. The fourth-order valence-corrected chi connectivity index (χ4v) is 8.77. The molecular formula is C56H41F3N4. The van der Waals surface area contributed by atoms with Crippen molar-refractivity contribution in [2.45, 2.75) is 33.9 Å². The number of fused-ring (bicyclic) bond motifs is 3. The number of hydrogen-bond acceptors (Lipinski definition) is 3. The molecule has 8 aromatic carbocycles. The molecular weight excluding hydrogens is 786 g/mol. The lowest BCUT2D eigenvalue weighted by Crippen LogP contribution is -2.04. The summed E-state index contributed by atoms with van der Waals surface area (Å²) in [5, 5.41) is 2.10. The summed E-state index contributed by atoms with van der Waals surface area (Å²) in [7, 11) is 0. The molecule has 0 spiro atoms. The highest BCUT2D eigenvalue weighted by Crippen LogP contribution is 2.42. The van der Waals surface area contributed by atoms with Gasteiger partial charge in [0.05, 0.1) is 22.3 Å². The molecule has 306 valence electrons. The molecule has 0 saturated heterocycles. The number of aryl methyl sites for hydroxylation is 4. The molecule has 0 bridgehead atoms. The average molecular weight is 827 g/mol. The van der Waals surface area contributed by atoms with Gasteiger partial charge in [-0.3, -0.25) is 0 Å². The van der Waals surface area contributed by atoms with Crippen molar-refractivity contribution in [2.75, 3.05) is 0 Å². The van der Waals surface area contributed by atoms with Crippen molar-refractivity contribution in [3.05, 3.63) is 204 Å². The van der Waals surface area contributed by atoms with Gasteiger partial charge in [0.15, 0.2) is 17.5 Å². The molecule has 10 rings (SSSR count). The summed E-state index contributed by atoms with van der Waals surface area (Å²) in [4.78, 5) is 15.0. The van der Waals surface area contributed by atoms with E-state index in [1.165, 1.54) is 22.3 Å². The maximum Gasteiger partial charge on any atom is 0.416 e. The first-order valence-electron chi connectivity index (χ1n) is 20.9. The Kier molecular flexibility index (Phi) is 9.83. The fourth-order valence-electron chi connectivity index (χ4n) is 8.77.